The normalized spacial score (nSPS) is 10.9. The Bertz CT molecular complexity index is 1170. The molecule has 0 saturated heterocycles. The maximum absolute atomic E-state index is 12.5. The second kappa shape index (κ2) is 14.7. The van der Waals surface area contributed by atoms with Crippen molar-refractivity contribution < 1.29 is 38.0 Å². The van der Waals surface area contributed by atoms with Gasteiger partial charge in [0.1, 0.15) is 28.7 Å². The molecule has 0 bridgehead atoms. The lowest BCUT2D eigenvalue weighted by Crippen LogP contribution is -2.26. The van der Waals surface area contributed by atoms with Crippen LogP contribution in [-0.2, 0) is 9.53 Å². The predicted molar refractivity (Wildman–Crippen MR) is 147 cm³/mol. The van der Waals surface area contributed by atoms with Gasteiger partial charge < -0.3 is 28.4 Å². The first-order valence-electron chi connectivity index (χ1n) is 12.9. The van der Waals surface area contributed by atoms with Crippen molar-refractivity contribution in [3.8, 4) is 28.7 Å². The summed E-state index contributed by atoms with van der Waals surface area (Å²) >= 11 is 0. The topological polar surface area (TPSA) is 89.5 Å². The van der Waals surface area contributed by atoms with E-state index in [0.717, 1.165) is 25.0 Å². The Morgan fingerprint density at radius 2 is 1.15 bits per heavy atom. The number of benzene rings is 3. The highest BCUT2D eigenvalue weighted by molar-refractivity contribution is 5.91. The van der Waals surface area contributed by atoms with Gasteiger partial charge in [-0.25, -0.2) is 4.79 Å². The molecular weight excluding hydrogens is 500 g/mol. The highest BCUT2D eigenvalue weighted by Gasteiger charge is 2.26. The van der Waals surface area contributed by atoms with Crippen molar-refractivity contribution >= 4 is 11.9 Å². The van der Waals surface area contributed by atoms with Crippen molar-refractivity contribution in [1.29, 1.82) is 0 Å². The first kappa shape index (κ1) is 29.4. The zero-order valence-electron chi connectivity index (χ0n) is 22.9. The molecule has 3 aromatic rings. The predicted octanol–water partition coefficient (Wildman–Crippen LogP) is 6.47. The van der Waals surface area contributed by atoms with Gasteiger partial charge in [0.25, 0.3) is 0 Å². The summed E-state index contributed by atoms with van der Waals surface area (Å²) in [7, 11) is 1.60. The van der Waals surface area contributed by atoms with Crippen molar-refractivity contribution in [3.05, 3.63) is 78.4 Å². The SMILES string of the molecule is CCC(C)(C)C(=O)OCCCCOc1ccc(C(=O)Oc2ccc(OCOc3ccc(OC)cc3)cc2)cc1. The fourth-order valence-electron chi connectivity index (χ4n) is 3.19. The van der Waals surface area contributed by atoms with Crippen LogP contribution in [0.3, 0.4) is 0 Å². The van der Waals surface area contributed by atoms with E-state index in [9.17, 15) is 9.59 Å². The quantitative estimate of drug-likeness (QED) is 0.0945. The summed E-state index contributed by atoms with van der Waals surface area (Å²) in [6, 6.07) is 20.6. The number of hydrogen-bond acceptors (Lipinski definition) is 8. The summed E-state index contributed by atoms with van der Waals surface area (Å²) in [5, 5.41) is 0. The molecule has 0 aliphatic carbocycles. The molecule has 3 aromatic carbocycles. The van der Waals surface area contributed by atoms with Crippen LogP contribution in [0.15, 0.2) is 72.8 Å². The molecule has 0 atom stereocenters. The van der Waals surface area contributed by atoms with Crippen molar-refractivity contribution in [3.63, 3.8) is 0 Å². The Balaban J connectivity index is 1.35. The number of esters is 2. The van der Waals surface area contributed by atoms with Crippen LogP contribution in [0, 0.1) is 5.41 Å². The number of carbonyl (C=O) groups excluding carboxylic acids is 2. The highest BCUT2D eigenvalue weighted by atomic mass is 16.7. The third-order valence-electron chi connectivity index (χ3n) is 6.11. The molecule has 0 amide bonds. The largest absolute Gasteiger partial charge is 0.497 e. The van der Waals surface area contributed by atoms with Gasteiger partial charge in [-0.2, -0.15) is 0 Å². The highest BCUT2D eigenvalue weighted by Crippen LogP contribution is 2.22. The summed E-state index contributed by atoms with van der Waals surface area (Å²) in [5.41, 5.74) is -0.0492. The van der Waals surface area contributed by atoms with E-state index in [-0.39, 0.29) is 12.8 Å². The van der Waals surface area contributed by atoms with Crippen LogP contribution in [0.25, 0.3) is 0 Å². The third-order valence-corrected chi connectivity index (χ3v) is 6.11. The van der Waals surface area contributed by atoms with Crippen LogP contribution in [0.1, 0.15) is 50.4 Å². The maximum Gasteiger partial charge on any atom is 0.343 e. The molecule has 8 nitrogen and oxygen atoms in total. The monoisotopic (exact) mass is 536 g/mol. The molecule has 0 aliphatic rings. The number of hydrogen-bond donors (Lipinski definition) is 0. The second-order valence-electron chi connectivity index (χ2n) is 9.40. The lowest BCUT2D eigenvalue weighted by atomic mass is 9.91. The number of carbonyl (C=O) groups is 2. The van der Waals surface area contributed by atoms with Crippen molar-refractivity contribution in [2.75, 3.05) is 27.1 Å². The number of ether oxygens (including phenoxy) is 6. The molecule has 0 heterocycles. The number of methoxy groups -OCH3 is 1. The molecule has 208 valence electrons. The molecule has 0 aliphatic heterocycles. The molecule has 0 unspecified atom stereocenters. The average Bonchev–Trinajstić information content (AvgIpc) is 2.96. The van der Waals surface area contributed by atoms with Gasteiger partial charge in [0.05, 0.1) is 31.3 Å². The van der Waals surface area contributed by atoms with E-state index in [1.807, 2.05) is 20.8 Å². The molecular formula is C31H36O8. The molecule has 8 heteroatoms. The van der Waals surface area contributed by atoms with Crippen LogP contribution in [0.5, 0.6) is 28.7 Å². The Labute approximate surface area is 229 Å². The van der Waals surface area contributed by atoms with Crippen LogP contribution < -0.4 is 23.7 Å². The fourth-order valence-corrected chi connectivity index (χ4v) is 3.19. The number of rotatable bonds is 15. The lowest BCUT2D eigenvalue weighted by molar-refractivity contribution is -0.154. The van der Waals surface area contributed by atoms with Gasteiger partial charge in [-0.3, -0.25) is 4.79 Å². The van der Waals surface area contributed by atoms with Gasteiger partial charge >= 0.3 is 11.9 Å². The molecule has 3 rings (SSSR count). The summed E-state index contributed by atoms with van der Waals surface area (Å²) in [4.78, 5) is 24.5. The Kier molecular flexibility index (Phi) is 11.0. The number of unbranched alkanes of at least 4 members (excludes halogenated alkanes) is 1. The lowest BCUT2D eigenvalue weighted by Gasteiger charge is -2.20. The first-order chi connectivity index (χ1) is 18.8. The third kappa shape index (κ3) is 9.56. The van der Waals surface area contributed by atoms with Gasteiger partial charge in [-0.15, -0.1) is 0 Å². The van der Waals surface area contributed by atoms with E-state index in [2.05, 4.69) is 0 Å². The smallest absolute Gasteiger partial charge is 0.343 e. The molecule has 0 aromatic heterocycles. The van der Waals surface area contributed by atoms with Crippen molar-refractivity contribution in [2.24, 2.45) is 5.41 Å². The molecule has 0 radical (unpaired) electrons. The molecule has 0 spiro atoms. The van der Waals surface area contributed by atoms with Gasteiger partial charge in [-0.1, -0.05) is 6.92 Å². The van der Waals surface area contributed by atoms with E-state index in [0.29, 0.717) is 41.8 Å². The Hall–Kier alpha value is -4.20. The average molecular weight is 537 g/mol. The molecule has 0 fully saturated rings. The zero-order valence-corrected chi connectivity index (χ0v) is 22.9. The van der Waals surface area contributed by atoms with E-state index in [1.54, 1.807) is 79.9 Å². The summed E-state index contributed by atoms with van der Waals surface area (Å²) in [6.45, 7) is 6.62. The van der Waals surface area contributed by atoms with Crippen molar-refractivity contribution in [2.45, 2.75) is 40.0 Å². The van der Waals surface area contributed by atoms with E-state index >= 15 is 0 Å². The first-order valence-corrected chi connectivity index (χ1v) is 12.9. The minimum absolute atomic E-state index is 0.0324. The Morgan fingerprint density at radius 3 is 1.72 bits per heavy atom. The summed E-state index contributed by atoms with van der Waals surface area (Å²) in [5.74, 6) is 2.38. The maximum atomic E-state index is 12.5. The van der Waals surface area contributed by atoms with Crippen molar-refractivity contribution in [1.82, 2.24) is 0 Å². The van der Waals surface area contributed by atoms with Crippen LogP contribution in [-0.4, -0.2) is 39.1 Å². The fraction of sp³-hybridized carbons (Fsp3) is 0.355. The van der Waals surface area contributed by atoms with E-state index in [1.165, 1.54) is 0 Å². The van der Waals surface area contributed by atoms with Crippen LogP contribution in [0.2, 0.25) is 0 Å². The zero-order chi connectivity index (χ0) is 28.1. The second-order valence-corrected chi connectivity index (χ2v) is 9.40. The van der Waals surface area contributed by atoms with E-state index < -0.39 is 11.4 Å². The molecule has 0 saturated carbocycles. The minimum Gasteiger partial charge on any atom is -0.497 e. The van der Waals surface area contributed by atoms with Gasteiger partial charge in [0.2, 0.25) is 6.79 Å². The van der Waals surface area contributed by atoms with Crippen LogP contribution in [0.4, 0.5) is 0 Å². The minimum atomic E-state index is -0.477. The van der Waals surface area contributed by atoms with Gasteiger partial charge in [0.15, 0.2) is 0 Å². The van der Waals surface area contributed by atoms with Gasteiger partial charge in [-0.05, 0) is 106 Å². The summed E-state index contributed by atoms with van der Waals surface area (Å²) in [6.07, 6.45) is 2.20. The molecule has 0 N–H and O–H groups in total. The Morgan fingerprint density at radius 1 is 0.667 bits per heavy atom. The van der Waals surface area contributed by atoms with Crippen LogP contribution >= 0.6 is 0 Å². The van der Waals surface area contributed by atoms with Gasteiger partial charge in [0, 0.05) is 0 Å². The standard InChI is InChI=1S/C31H36O8/c1-5-31(2,3)30(33)36-21-7-6-20-35-25-10-8-23(9-11-25)29(32)39-28-18-16-27(17-19-28)38-22-37-26-14-12-24(34-4)13-15-26/h8-19H,5-7,20-22H2,1-4H3. The van der Waals surface area contributed by atoms with E-state index in [4.69, 9.17) is 28.4 Å². The molecule has 39 heavy (non-hydrogen) atoms. The summed E-state index contributed by atoms with van der Waals surface area (Å²) < 4.78 is 32.7.